The van der Waals surface area contributed by atoms with Gasteiger partial charge in [-0.1, -0.05) is 6.92 Å². The molecule has 0 saturated carbocycles. The minimum Gasteiger partial charge on any atom is -0.493 e. The number of methoxy groups -OCH3 is 3. The monoisotopic (exact) mass is 441 g/mol. The number of hydrogen-bond donors (Lipinski definition) is 0. The topological polar surface area (TPSA) is 58.6 Å². The Kier molecular flexibility index (Phi) is 5.24. The van der Waals surface area contributed by atoms with Crippen molar-refractivity contribution < 1.29 is 28.4 Å². The van der Waals surface area contributed by atoms with Crippen LogP contribution >= 0.6 is 0 Å². The summed E-state index contributed by atoms with van der Waals surface area (Å²) in [5, 5.41) is 0. The molecule has 0 bridgehead atoms. The summed E-state index contributed by atoms with van der Waals surface area (Å²) in [6.07, 6.45) is 2.38. The van der Waals surface area contributed by atoms with Gasteiger partial charge in [-0.15, -0.1) is 0 Å². The van der Waals surface area contributed by atoms with Crippen molar-refractivity contribution in [2.75, 3.05) is 41.2 Å². The highest BCUT2D eigenvalue weighted by molar-refractivity contribution is 5.60. The van der Waals surface area contributed by atoms with E-state index in [1.54, 1.807) is 21.3 Å². The molecular weight excluding hydrogens is 410 g/mol. The lowest BCUT2D eigenvalue weighted by atomic mass is 9.73. The lowest BCUT2D eigenvalue weighted by Gasteiger charge is -2.50. The summed E-state index contributed by atoms with van der Waals surface area (Å²) in [7, 11) is 4.92. The smallest absolute Gasteiger partial charge is 0.231 e. The van der Waals surface area contributed by atoms with Crippen molar-refractivity contribution >= 4 is 0 Å². The van der Waals surface area contributed by atoms with Crippen molar-refractivity contribution in [3.05, 3.63) is 35.4 Å². The second-order valence-corrected chi connectivity index (χ2v) is 8.82. The summed E-state index contributed by atoms with van der Waals surface area (Å²) < 4.78 is 35.0. The SMILES string of the molecule is COc1cc([C@H]2c3cc4c(cc3O[C@@](C)(N3CCCC3)[C@@H]2C)OCO4)cc(OC)c1OC. The fraction of sp³-hybridized carbons (Fsp3) is 0.520. The van der Waals surface area contributed by atoms with E-state index >= 15 is 0 Å². The van der Waals surface area contributed by atoms with Gasteiger partial charge in [0, 0.05) is 36.6 Å². The highest BCUT2D eigenvalue weighted by Gasteiger charge is 2.50. The molecule has 3 atom stereocenters. The van der Waals surface area contributed by atoms with Crippen molar-refractivity contribution in [1.82, 2.24) is 4.90 Å². The van der Waals surface area contributed by atoms with Crippen LogP contribution in [0.1, 0.15) is 43.7 Å². The summed E-state index contributed by atoms with van der Waals surface area (Å²) in [6.45, 7) is 6.76. The minimum atomic E-state index is -0.456. The summed E-state index contributed by atoms with van der Waals surface area (Å²) >= 11 is 0. The predicted molar refractivity (Wildman–Crippen MR) is 120 cm³/mol. The average Bonchev–Trinajstić information content (AvgIpc) is 3.50. The third-order valence-electron chi connectivity index (χ3n) is 7.28. The Morgan fingerprint density at radius 3 is 2.09 bits per heavy atom. The molecule has 0 amide bonds. The highest BCUT2D eigenvalue weighted by Crippen LogP contribution is 2.54. The second-order valence-electron chi connectivity index (χ2n) is 8.82. The Morgan fingerprint density at radius 1 is 0.875 bits per heavy atom. The van der Waals surface area contributed by atoms with Crippen LogP contribution in [0.2, 0.25) is 0 Å². The molecule has 0 unspecified atom stereocenters. The molecule has 3 aliphatic heterocycles. The average molecular weight is 442 g/mol. The van der Waals surface area contributed by atoms with Crippen LogP contribution in [0.4, 0.5) is 0 Å². The maximum absolute atomic E-state index is 6.75. The van der Waals surface area contributed by atoms with Crippen LogP contribution < -0.4 is 28.4 Å². The van der Waals surface area contributed by atoms with Crippen LogP contribution in [0, 0.1) is 5.92 Å². The molecule has 0 aliphatic carbocycles. The van der Waals surface area contributed by atoms with Crippen molar-refractivity contribution in [2.45, 2.75) is 38.3 Å². The first kappa shape index (κ1) is 21.1. The number of likely N-dealkylation sites (tertiary alicyclic amines) is 1. The molecule has 0 radical (unpaired) electrons. The molecule has 0 aromatic heterocycles. The number of nitrogens with zero attached hydrogens (tertiary/aromatic N) is 1. The van der Waals surface area contributed by atoms with Gasteiger partial charge >= 0.3 is 0 Å². The van der Waals surface area contributed by atoms with E-state index in [0.29, 0.717) is 17.2 Å². The zero-order valence-corrected chi connectivity index (χ0v) is 19.4. The first-order valence-electron chi connectivity index (χ1n) is 11.2. The summed E-state index contributed by atoms with van der Waals surface area (Å²) in [5.74, 6) is 4.37. The van der Waals surface area contributed by atoms with E-state index in [0.717, 1.165) is 41.5 Å². The van der Waals surface area contributed by atoms with Gasteiger partial charge in [0.05, 0.1) is 21.3 Å². The molecule has 2 aromatic carbocycles. The first-order valence-corrected chi connectivity index (χ1v) is 11.2. The Balaban J connectivity index is 1.70. The third kappa shape index (κ3) is 3.13. The van der Waals surface area contributed by atoms with Crippen LogP contribution in [-0.4, -0.2) is 51.8 Å². The van der Waals surface area contributed by atoms with E-state index in [2.05, 4.69) is 24.8 Å². The molecule has 5 rings (SSSR count). The summed E-state index contributed by atoms with van der Waals surface area (Å²) in [4.78, 5) is 2.47. The summed E-state index contributed by atoms with van der Waals surface area (Å²) in [6, 6.07) is 8.13. The van der Waals surface area contributed by atoms with E-state index in [1.165, 1.54) is 12.8 Å². The molecule has 172 valence electrons. The van der Waals surface area contributed by atoms with Gasteiger partial charge in [-0.05, 0) is 43.5 Å². The Morgan fingerprint density at radius 2 is 1.50 bits per heavy atom. The fourth-order valence-electron chi connectivity index (χ4n) is 5.43. The molecule has 1 fully saturated rings. The Labute approximate surface area is 189 Å². The van der Waals surface area contributed by atoms with Gasteiger partial charge in [-0.3, -0.25) is 4.90 Å². The van der Waals surface area contributed by atoms with Gasteiger partial charge < -0.3 is 28.4 Å². The third-order valence-corrected chi connectivity index (χ3v) is 7.28. The highest BCUT2D eigenvalue weighted by atomic mass is 16.7. The largest absolute Gasteiger partial charge is 0.493 e. The second kappa shape index (κ2) is 7.96. The maximum Gasteiger partial charge on any atom is 0.231 e. The number of rotatable bonds is 5. The van der Waals surface area contributed by atoms with E-state index in [4.69, 9.17) is 28.4 Å². The molecule has 0 spiro atoms. The molecule has 32 heavy (non-hydrogen) atoms. The van der Waals surface area contributed by atoms with Crippen LogP contribution in [0.3, 0.4) is 0 Å². The molecule has 3 heterocycles. The molecular formula is C25H31NO6. The van der Waals surface area contributed by atoms with Gasteiger partial charge in [0.1, 0.15) is 5.75 Å². The van der Waals surface area contributed by atoms with Gasteiger partial charge in [0.2, 0.25) is 12.5 Å². The van der Waals surface area contributed by atoms with E-state index in [9.17, 15) is 0 Å². The molecule has 0 N–H and O–H groups in total. The standard InChI is InChI=1S/C25H31NO6/c1-15-23(16-10-21(27-3)24(29-5)22(11-16)28-4)17-12-19-20(31-14-30-19)13-18(17)32-25(15,2)26-8-6-7-9-26/h10-13,15,23H,6-9,14H2,1-5H3/t15-,23+,25-/m1/s1. The van der Waals surface area contributed by atoms with E-state index < -0.39 is 5.72 Å². The van der Waals surface area contributed by atoms with Crippen LogP contribution in [0.15, 0.2) is 24.3 Å². The first-order chi connectivity index (χ1) is 15.5. The van der Waals surface area contributed by atoms with Gasteiger partial charge in [-0.25, -0.2) is 0 Å². The zero-order chi connectivity index (χ0) is 22.5. The van der Waals surface area contributed by atoms with Crippen molar-refractivity contribution in [2.24, 2.45) is 5.92 Å². The van der Waals surface area contributed by atoms with Crippen LogP contribution in [0.25, 0.3) is 0 Å². The minimum absolute atomic E-state index is 0.0348. The Bertz CT molecular complexity index is 993. The van der Waals surface area contributed by atoms with Gasteiger partial charge in [-0.2, -0.15) is 0 Å². The predicted octanol–water partition coefficient (Wildman–Crippen LogP) is 4.41. The molecule has 2 aromatic rings. The molecule has 3 aliphatic rings. The van der Waals surface area contributed by atoms with Crippen LogP contribution in [0.5, 0.6) is 34.5 Å². The number of benzene rings is 2. The van der Waals surface area contributed by atoms with Gasteiger partial charge in [0.25, 0.3) is 0 Å². The molecule has 7 heteroatoms. The Hall–Kier alpha value is -2.80. The van der Waals surface area contributed by atoms with Crippen molar-refractivity contribution in [3.63, 3.8) is 0 Å². The van der Waals surface area contributed by atoms with E-state index in [-0.39, 0.29) is 18.6 Å². The van der Waals surface area contributed by atoms with Crippen molar-refractivity contribution in [1.29, 1.82) is 0 Å². The quantitative estimate of drug-likeness (QED) is 0.681. The lowest BCUT2D eigenvalue weighted by Crippen LogP contribution is -2.57. The molecule has 1 saturated heterocycles. The normalized spacial score (nSPS) is 26.4. The van der Waals surface area contributed by atoms with Gasteiger partial charge in [0.15, 0.2) is 28.7 Å². The zero-order valence-electron chi connectivity index (χ0n) is 19.4. The lowest BCUT2D eigenvalue weighted by molar-refractivity contribution is -0.114. The van der Waals surface area contributed by atoms with E-state index in [1.807, 2.05) is 18.2 Å². The number of fused-ring (bicyclic) bond motifs is 2. The number of hydrogen-bond acceptors (Lipinski definition) is 7. The van der Waals surface area contributed by atoms with Crippen molar-refractivity contribution in [3.8, 4) is 34.5 Å². The van der Waals surface area contributed by atoms with Crippen LogP contribution in [-0.2, 0) is 0 Å². The summed E-state index contributed by atoms with van der Waals surface area (Å²) in [5.41, 5.74) is 1.70. The molecule has 7 nitrogen and oxygen atoms in total. The fourth-order valence-corrected chi connectivity index (χ4v) is 5.43. The maximum atomic E-state index is 6.75. The number of ether oxygens (including phenoxy) is 6.